The average Bonchev–Trinajstić information content (AvgIpc) is 2.86. The van der Waals surface area contributed by atoms with Crippen LogP contribution >= 0.6 is 0 Å². The number of rotatable bonds is 4. The summed E-state index contributed by atoms with van der Waals surface area (Å²) in [5, 5.41) is 17.3. The molecule has 27 heavy (non-hydrogen) atoms. The Balaban J connectivity index is 1.98. The molecule has 2 aromatic rings. The quantitative estimate of drug-likeness (QED) is 0.589. The van der Waals surface area contributed by atoms with Gasteiger partial charge in [0.2, 0.25) is 5.76 Å². The van der Waals surface area contributed by atoms with Crippen LogP contribution in [0.5, 0.6) is 0 Å². The average molecular weight is 376 g/mol. The number of benzene rings is 1. The minimum atomic E-state index is -4.81. The van der Waals surface area contributed by atoms with Gasteiger partial charge in [-0.15, -0.1) is 10.2 Å². The van der Waals surface area contributed by atoms with Crippen LogP contribution < -0.4 is 0 Å². The maximum absolute atomic E-state index is 13.6. The zero-order valence-corrected chi connectivity index (χ0v) is 14.9. The van der Waals surface area contributed by atoms with Crippen LogP contribution in [0.25, 0.3) is 5.57 Å². The lowest BCUT2D eigenvalue weighted by molar-refractivity contribution is -0.131. The van der Waals surface area contributed by atoms with E-state index in [9.17, 15) is 18.4 Å². The van der Waals surface area contributed by atoms with Crippen molar-refractivity contribution in [2.45, 2.75) is 51.9 Å². The number of hydrogen-bond donors (Lipinski definition) is 0. The van der Waals surface area contributed by atoms with Gasteiger partial charge < -0.3 is 9.30 Å². The lowest BCUT2D eigenvalue weighted by atomic mass is 10.1. The number of allylic oxidation sites excluding steroid dienone is 2. The zero-order chi connectivity index (χ0) is 19.4. The van der Waals surface area contributed by atoms with Crippen molar-refractivity contribution in [1.29, 1.82) is 5.26 Å². The van der Waals surface area contributed by atoms with Gasteiger partial charge in [0, 0.05) is 13.0 Å². The Labute approximate surface area is 155 Å². The molecule has 3 rings (SSSR count). The molecule has 8 heteroatoms. The Kier molecular flexibility index (Phi) is 5.49. The molecule has 1 aromatic carbocycles. The van der Waals surface area contributed by atoms with Gasteiger partial charge in [-0.1, -0.05) is 36.2 Å². The van der Waals surface area contributed by atoms with E-state index in [-0.39, 0.29) is 12.4 Å². The fourth-order valence-electron chi connectivity index (χ4n) is 3.01. The van der Waals surface area contributed by atoms with E-state index < -0.39 is 17.5 Å². The second-order valence-corrected chi connectivity index (χ2v) is 6.49. The summed E-state index contributed by atoms with van der Waals surface area (Å²) < 4.78 is 47.6. The minimum absolute atomic E-state index is 0.0781. The van der Waals surface area contributed by atoms with E-state index in [2.05, 4.69) is 10.2 Å². The number of nitrogens with zero attached hydrogens (tertiary/aromatic N) is 4. The van der Waals surface area contributed by atoms with E-state index in [1.54, 1.807) is 34.9 Å². The van der Waals surface area contributed by atoms with E-state index in [0.717, 1.165) is 24.8 Å². The fraction of sp³-hybridized carbons (Fsp3) is 0.421. The highest BCUT2D eigenvalue weighted by Gasteiger charge is 2.41. The number of aryl methyl sites for hydroxylation is 2. The Hall–Kier alpha value is -2.82. The molecule has 0 saturated heterocycles. The van der Waals surface area contributed by atoms with Gasteiger partial charge in [-0.2, -0.15) is 18.4 Å². The Morgan fingerprint density at radius 1 is 1.19 bits per heavy atom. The molecule has 0 radical (unpaired) electrons. The van der Waals surface area contributed by atoms with Gasteiger partial charge in [0.15, 0.2) is 5.82 Å². The van der Waals surface area contributed by atoms with Crippen molar-refractivity contribution in [3.05, 3.63) is 52.8 Å². The number of alkyl halides is 3. The molecule has 2 heterocycles. The standard InChI is InChI=1S/C19H19F3N4O/c1-13-6-8-14(9-7-13)12-27-17(19(20,21)22)15(11-23)18-25-24-16-5-3-2-4-10-26(16)18/h6-9H,2-5,10,12H2,1H3/b17-15-. The van der Waals surface area contributed by atoms with Crippen LogP contribution in [-0.2, 0) is 24.3 Å². The van der Waals surface area contributed by atoms with E-state index >= 15 is 0 Å². The summed E-state index contributed by atoms with van der Waals surface area (Å²) in [5.41, 5.74) is 0.948. The summed E-state index contributed by atoms with van der Waals surface area (Å²) in [7, 11) is 0. The van der Waals surface area contributed by atoms with Crippen molar-refractivity contribution in [2.75, 3.05) is 0 Å². The summed E-state index contributed by atoms with van der Waals surface area (Å²) in [6.07, 6.45) is -1.50. The van der Waals surface area contributed by atoms with Gasteiger partial charge in [-0.25, -0.2) is 0 Å². The molecular formula is C19H19F3N4O. The van der Waals surface area contributed by atoms with Crippen molar-refractivity contribution in [3.63, 3.8) is 0 Å². The fourth-order valence-corrected chi connectivity index (χ4v) is 3.01. The third-order valence-electron chi connectivity index (χ3n) is 4.43. The second-order valence-electron chi connectivity index (χ2n) is 6.49. The number of hydrogen-bond acceptors (Lipinski definition) is 4. The van der Waals surface area contributed by atoms with Crippen LogP contribution in [0.2, 0.25) is 0 Å². The summed E-state index contributed by atoms with van der Waals surface area (Å²) in [6, 6.07) is 8.61. The second kappa shape index (κ2) is 7.82. The van der Waals surface area contributed by atoms with Crippen LogP contribution in [-0.4, -0.2) is 20.9 Å². The molecule has 0 bridgehead atoms. The maximum atomic E-state index is 13.6. The SMILES string of the molecule is Cc1ccc(CO/C(=C(/C#N)c2nnc3n2CCCCC3)C(F)(F)F)cc1. The first-order valence-electron chi connectivity index (χ1n) is 8.72. The summed E-state index contributed by atoms with van der Waals surface area (Å²) >= 11 is 0. The number of fused-ring (bicyclic) bond motifs is 1. The number of halogens is 3. The molecule has 142 valence electrons. The maximum Gasteiger partial charge on any atom is 0.450 e. The first-order valence-corrected chi connectivity index (χ1v) is 8.72. The molecule has 0 atom stereocenters. The highest BCUT2D eigenvalue weighted by Crippen LogP contribution is 2.34. The number of aromatic nitrogens is 3. The molecule has 1 aromatic heterocycles. The molecule has 0 unspecified atom stereocenters. The summed E-state index contributed by atoms with van der Waals surface area (Å²) in [5.74, 6) is -0.800. The van der Waals surface area contributed by atoms with Crippen molar-refractivity contribution in [1.82, 2.24) is 14.8 Å². The summed E-state index contributed by atoms with van der Waals surface area (Å²) in [4.78, 5) is 0. The Bertz CT molecular complexity index is 876. The normalized spacial score (nSPS) is 15.4. The Morgan fingerprint density at radius 3 is 2.59 bits per heavy atom. The highest BCUT2D eigenvalue weighted by atomic mass is 19.4. The molecule has 1 aliphatic heterocycles. The molecule has 0 N–H and O–H groups in total. The van der Waals surface area contributed by atoms with Crippen LogP contribution in [0.3, 0.4) is 0 Å². The number of ether oxygens (including phenoxy) is 1. The molecule has 5 nitrogen and oxygen atoms in total. The molecule has 0 amide bonds. The largest absolute Gasteiger partial charge is 0.483 e. The predicted molar refractivity (Wildman–Crippen MR) is 92.1 cm³/mol. The van der Waals surface area contributed by atoms with Crippen LogP contribution in [0, 0.1) is 18.3 Å². The smallest absolute Gasteiger partial charge is 0.450 e. The van der Waals surface area contributed by atoms with Gasteiger partial charge in [0.1, 0.15) is 24.1 Å². The molecule has 0 saturated carbocycles. The van der Waals surface area contributed by atoms with E-state index in [0.29, 0.717) is 24.4 Å². The molecule has 0 spiro atoms. The third-order valence-corrected chi connectivity index (χ3v) is 4.43. The van der Waals surface area contributed by atoms with Gasteiger partial charge in [-0.3, -0.25) is 0 Å². The first-order chi connectivity index (χ1) is 12.9. The lowest BCUT2D eigenvalue weighted by Gasteiger charge is -2.16. The summed E-state index contributed by atoms with van der Waals surface area (Å²) in [6.45, 7) is 2.09. The lowest BCUT2D eigenvalue weighted by Crippen LogP contribution is -2.18. The van der Waals surface area contributed by atoms with Crippen molar-refractivity contribution in [2.24, 2.45) is 0 Å². The zero-order valence-electron chi connectivity index (χ0n) is 14.9. The molecule has 0 fully saturated rings. The Morgan fingerprint density at radius 2 is 1.93 bits per heavy atom. The van der Waals surface area contributed by atoms with Crippen molar-refractivity contribution in [3.8, 4) is 6.07 Å². The molecule has 1 aliphatic rings. The van der Waals surface area contributed by atoms with E-state index in [4.69, 9.17) is 4.74 Å². The van der Waals surface area contributed by atoms with Crippen molar-refractivity contribution >= 4 is 5.57 Å². The topological polar surface area (TPSA) is 63.7 Å². The third kappa shape index (κ3) is 4.30. The van der Waals surface area contributed by atoms with Crippen LogP contribution in [0.1, 0.15) is 42.0 Å². The van der Waals surface area contributed by atoms with Gasteiger partial charge in [0.05, 0.1) is 0 Å². The first kappa shape index (κ1) is 19.0. The van der Waals surface area contributed by atoms with Crippen molar-refractivity contribution < 1.29 is 17.9 Å². The van der Waals surface area contributed by atoms with Crippen LogP contribution in [0.4, 0.5) is 13.2 Å². The van der Waals surface area contributed by atoms with E-state index in [1.165, 1.54) is 0 Å². The van der Waals surface area contributed by atoms with Crippen LogP contribution in [0.15, 0.2) is 30.0 Å². The predicted octanol–water partition coefficient (Wildman–Crippen LogP) is 4.33. The highest BCUT2D eigenvalue weighted by molar-refractivity contribution is 5.75. The van der Waals surface area contributed by atoms with E-state index in [1.807, 2.05) is 6.92 Å². The molecule has 0 aliphatic carbocycles. The van der Waals surface area contributed by atoms with Gasteiger partial charge in [-0.05, 0) is 25.3 Å². The number of nitriles is 1. The van der Waals surface area contributed by atoms with Gasteiger partial charge >= 0.3 is 6.18 Å². The van der Waals surface area contributed by atoms with Gasteiger partial charge in [0.25, 0.3) is 0 Å². The monoisotopic (exact) mass is 376 g/mol. The molecular weight excluding hydrogens is 357 g/mol. The minimum Gasteiger partial charge on any atom is -0.483 e.